The summed E-state index contributed by atoms with van der Waals surface area (Å²) in [5.41, 5.74) is 5.64. The van der Waals surface area contributed by atoms with E-state index in [1.807, 2.05) is 61.5 Å². The third-order valence-corrected chi connectivity index (χ3v) is 3.67. The smallest absolute Gasteiger partial charge is 0.277 e. The highest BCUT2D eigenvalue weighted by molar-refractivity contribution is 6.00. The average molecular weight is 324 g/mol. The summed E-state index contributed by atoms with van der Waals surface area (Å²) in [6.07, 6.45) is 0.738. The molecule has 0 atom stereocenters. The lowest BCUT2D eigenvalue weighted by Gasteiger charge is -2.09. The van der Waals surface area contributed by atoms with Crippen LogP contribution in [0.5, 0.6) is 5.75 Å². The summed E-state index contributed by atoms with van der Waals surface area (Å²) in [6.45, 7) is 6.22. The fraction of sp³-hybridized carbons (Fsp3) is 0.300. The van der Waals surface area contributed by atoms with Crippen LogP contribution >= 0.6 is 0 Å². The second-order valence-electron chi connectivity index (χ2n) is 5.83. The van der Waals surface area contributed by atoms with E-state index in [1.165, 1.54) is 5.56 Å². The van der Waals surface area contributed by atoms with Gasteiger partial charge in [-0.2, -0.15) is 5.10 Å². The molecule has 2 rings (SSSR count). The van der Waals surface area contributed by atoms with Gasteiger partial charge in [-0.05, 0) is 35.6 Å². The number of hydrogen-bond acceptors (Lipinski definition) is 3. The summed E-state index contributed by atoms with van der Waals surface area (Å²) in [6, 6.07) is 17.6. The number of nitrogens with zero attached hydrogens (tertiary/aromatic N) is 1. The van der Waals surface area contributed by atoms with Crippen LogP contribution in [0.3, 0.4) is 0 Å². The highest BCUT2D eigenvalue weighted by Gasteiger charge is 2.05. The van der Waals surface area contributed by atoms with Crippen LogP contribution in [0.2, 0.25) is 0 Å². The van der Waals surface area contributed by atoms with Gasteiger partial charge < -0.3 is 4.74 Å². The topological polar surface area (TPSA) is 50.7 Å². The van der Waals surface area contributed by atoms with Gasteiger partial charge >= 0.3 is 0 Å². The molecule has 1 N–H and O–H groups in total. The Bertz CT molecular complexity index is 677. The first-order valence-corrected chi connectivity index (χ1v) is 8.23. The number of carbonyl (C=O) groups is 1. The minimum atomic E-state index is -0.273. The maximum atomic E-state index is 11.9. The minimum absolute atomic E-state index is 0.0592. The molecule has 2 aromatic rings. The molecule has 24 heavy (non-hydrogen) atoms. The molecule has 1 amide bonds. The summed E-state index contributed by atoms with van der Waals surface area (Å²) in [7, 11) is 0. The lowest BCUT2D eigenvalue weighted by molar-refractivity contribution is -0.123. The Morgan fingerprint density at radius 2 is 1.75 bits per heavy atom. The molecule has 4 heteroatoms. The van der Waals surface area contributed by atoms with E-state index in [4.69, 9.17) is 4.74 Å². The van der Waals surface area contributed by atoms with E-state index >= 15 is 0 Å². The van der Waals surface area contributed by atoms with Gasteiger partial charge in [-0.3, -0.25) is 4.79 Å². The number of rotatable bonds is 7. The largest absolute Gasteiger partial charge is 0.484 e. The van der Waals surface area contributed by atoms with Crippen LogP contribution in [0.4, 0.5) is 0 Å². The van der Waals surface area contributed by atoms with Crippen LogP contribution in [0, 0.1) is 0 Å². The fourth-order valence-electron chi connectivity index (χ4n) is 2.24. The fourth-order valence-corrected chi connectivity index (χ4v) is 2.24. The molecule has 0 aliphatic rings. The first kappa shape index (κ1) is 17.7. The summed E-state index contributed by atoms with van der Waals surface area (Å²) < 4.78 is 5.49. The first-order chi connectivity index (χ1) is 11.6. The van der Waals surface area contributed by atoms with Crippen LogP contribution in [0.15, 0.2) is 59.7 Å². The monoisotopic (exact) mass is 324 g/mol. The van der Waals surface area contributed by atoms with Crippen molar-refractivity contribution >= 4 is 11.6 Å². The molecule has 0 radical (unpaired) electrons. The van der Waals surface area contributed by atoms with E-state index in [1.54, 1.807) is 0 Å². The molecular weight excluding hydrogens is 300 g/mol. The molecule has 4 nitrogen and oxygen atoms in total. The third kappa shape index (κ3) is 5.23. The Kier molecular flexibility index (Phi) is 6.55. The van der Waals surface area contributed by atoms with Gasteiger partial charge in [0.25, 0.3) is 5.91 Å². The van der Waals surface area contributed by atoms with Gasteiger partial charge in [0.15, 0.2) is 6.61 Å². The lowest BCUT2D eigenvalue weighted by Crippen LogP contribution is -2.26. The van der Waals surface area contributed by atoms with Crippen LogP contribution in [0.25, 0.3) is 0 Å². The van der Waals surface area contributed by atoms with Crippen LogP contribution in [0.1, 0.15) is 44.2 Å². The first-order valence-electron chi connectivity index (χ1n) is 8.23. The van der Waals surface area contributed by atoms with Crippen molar-refractivity contribution in [2.45, 2.75) is 33.1 Å². The van der Waals surface area contributed by atoms with Gasteiger partial charge in [0.1, 0.15) is 5.75 Å². The van der Waals surface area contributed by atoms with Crippen molar-refractivity contribution in [1.29, 1.82) is 0 Å². The van der Waals surface area contributed by atoms with Crippen LogP contribution in [-0.2, 0) is 4.79 Å². The second-order valence-corrected chi connectivity index (χ2v) is 5.83. The molecular formula is C20H24N2O2. The van der Waals surface area contributed by atoms with Gasteiger partial charge in [-0.1, -0.05) is 63.2 Å². The molecule has 0 spiro atoms. The molecule has 0 saturated carbocycles. The molecule has 0 fully saturated rings. The maximum Gasteiger partial charge on any atom is 0.277 e. The molecule has 2 aromatic carbocycles. The van der Waals surface area contributed by atoms with Gasteiger partial charge in [0, 0.05) is 0 Å². The maximum absolute atomic E-state index is 11.9. The van der Waals surface area contributed by atoms with Crippen LogP contribution in [-0.4, -0.2) is 18.2 Å². The molecule has 0 aliphatic heterocycles. The molecule has 126 valence electrons. The van der Waals surface area contributed by atoms with E-state index in [0.29, 0.717) is 11.7 Å². The Morgan fingerprint density at radius 3 is 2.33 bits per heavy atom. The van der Waals surface area contributed by atoms with Gasteiger partial charge in [-0.25, -0.2) is 5.43 Å². The van der Waals surface area contributed by atoms with Crippen molar-refractivity contribution in [2.24, 2.45) is 5.10 Å². The predicted octanol–water partition coefficient (Wildman–Crippen LogP) is 4.12. The molecule has 0 unspecified atom stereocenters. The number of nitrogens with one attached hydrogen (secondary N) is 1. The third-order valence-electron chi connectivity index (χ3n) is 3.67. The van der Waals surface area contributed by atoms with E-state index in [-0.39, 0.29) is 12.5 Å². The Morgan fingerprint density at radius 1 is 1.08 bits per heavy atom. The summed E-state index contributed by atoms with van der Waals surface area (Å²) in [5, 5.41) is 4.20. The van der Waals surface area contributed by atoms with E-state index in [9.17, 15) is 4.79 Å². The normalized spacial score (nSPS) is 11.4. The number of amides is 1. The Hall–Kier alpha value is -2.62. The van der Waals surface area contributed by atoms with E-state index < -0.39 is 0 Å². The highest BCUT2D eigenvalue weighted by Crippen LogP contribution is 2.18. The molecule has 0 aliphatic carbocycles. The van der Waals surface area contributed by atoms with Gasteiger partial charge in [0.2, 0.25) is 0 Å². The summed E-state index contributed by atoms with van der Waals surface area (Å²) in [4.78, 5) is 11.9. The SMILES string of the molecule is CCC(=NNC(=O)COc1ccc(C(C)C)cc1)c1ccccc1. The van der Waals surface area contributed by atoms with Gasteiger partial charge in [-0.15, -0.1) is 0 Å². The van der Waals surface area contributed by atoms with Crippen molar-refractivity contribution in [3.63, 3.8) is 0 Å². The number of hydrogen-bond donors (Lipinski definition) is 1. The highest BCUT2D eigenvalue weighted by atomic mass is 16.5. The summed E-state index contributed by atoms with van der Waals surface area (Å²) >= 11 is 0. The molecule has 0 bridgehead atoms. The molecule has 0 aromatic heterocycles. The van der Waals surface area contributed by atoms with Crippen molar-refractivity contribution < 1.29 is 9.53 Å². The van der Waals surface area contributed by atoms with Crippen molar-refractivity contribution in [3.8, 4) is 5.75 Å². The number of carbonyl (C=O) groups excluding carboxylic acids is 1. The van der Waals surface area contributed by atoms with Crippen LogP contribution < -0.4 is 10.2 Å². The second kappa shape index (κ2) is 8.87. The zero-order valence-corrected chi connectivity index (χ0v) is 14.5. The Balaban J connectivity index is 1.87. The number of hydrazone groups is 1. The minimum Gasteiger partial charge on any atom is -0.484 e. The lowest BCUT2D eigenvalue weighted by atomic mass is 10.0. The van der Waals surface area contributed by atoms with Crippen molar-refractivity contribution in [1.82, 2.24) is 5.43 Å². The van der Waals surface area contributed by atoms with E-state index in [0.717, 1.165) is 17.7 Å². The van der Waals surface area contributed by atoms with Crippen molar-refractivity contribution in [3.05, 3.63) is 65.7 Å². The Labute approximate surface area is 143 Å². The number of ether oxygens (including phenoxy) is 1. The molecule has 0 saturated heterocycles. The zero-order valence-electron chi connectivity index (χ0n) is 14.5. The standard InChI is InChI=1S/C20H24N2O2/c1-4-19(17-8-6-5-7-9-17)21-22-20(23)14-24-18-12-10-16(11-13-18)15(2)3/h5-13,15H,4,14H2,1-3H3,(H,22,23). The zero-order chi connectivity index (χ0) is 17.4. The number of benzene rings is 2. The quantitative estimate of drug-likeness (QED) is 0.615. The van der Waals surface area contributed by atoms with Crippen molar-refractivity contribution in [2.75, 3.05) is 6.61 Å². The van der Waals surface area contributed by atoms with Gasteiger partial charge in [0.05, 0.1) is 5.71 Å². The average Bonchev–Trinajstić information content (AvgIpc) is 2.61. The molecule has 0 heterocycles. The summed E-state index contributed by atoms with van der Waals surface area (Å²) in [5.74, 6) is 0.879. The van der Waals surface area contributed by atoms with E-state index in [2.05, 4.69) is 24.4 Å². The predicted molar refractivity (Wildman–Crippen MR) is 97.4 cm³/mol.